The third-order valence-electron chi connectivity index (χ3n) is 4.72. The summed E-state index contributed by atoms with van der Waals surface area (Å²) in [7, 11) is 0. The van der Waals surface area contributed by atoms with Crippen LogP contribution in [-0.2, 0) is 6.54 Å². The average molecular weight is 304 g/mol. The van der Waals surface area contributed by atoms with Crippen molar-refractivity contribution in [1.82, 2.24) is 5.32 Å². The first-order valence-electron chi connectivity index (χ1n) is 8.88. The molecule has 1 unspecified atom stereocenters. The van der Waals surface area contributed by atoms with E-state index in [0.29, 0.717) is 6.04 Å². The summed E-state index contributed by atoms with van der Waals surface area (Å²) in [5, 5.41) is 3.55. The van der Waals surface area contributed by atoms with Gasteiger partial charge in [-0.3, -0.25) is 0 Å². The van der Waals surface area contributed by atoms with E-state index in [2.05, 4.69) is 56.1 Å². The molecule has 1 aliphatic heterocycles. The van der Waals surface area contributed by atoms with Gasteiger partial charge in [-0.1, -0.05) is 19.9 Å². The summed E-state index contributed by atoms with van der Waals surface area (Å²) in [6.07, 6.45) is 3.72. The molecule has 3 nitrogen and oxygen atoms in total. The highest BCUT2D eigenvalue weighted by Crippen LogP contribution is 2.32. The molecule has 22 heavy (non-hydrogen) atoms. The number of piperidine rings is 1. The Morgan fingerprint density at radius 1 is 1.27 bits per heavy atom. The molecule has 0 radical (unpaired) electrons. The Labute approximate surface area is 136 Å². The van der Waals surface area contributed by atoms with Gasteiger partial charge < -0.3 is 15.0 Å². The highest BCUT2D eigenvalue weighted by atomic mass is 16.5. The van der Waals surface area contributed by atoms with E-state index >= 15 is 0 Å². The van der Waals surface area contributed by atoms with E-state index in [1.165, 1.54) is 24.1 Å². The van der Waals surface area contributed by atoms with Crippen molar-refractivity contribution >= 4 is 5.69 Å². The van der Waals surface area contributed by atoms with Gasteiger partial charge in [-0.2, -0.15) is 0 Å². The summed E-state index contributed by atoms with van der Waals surface area (Å²) in [6, 6.07) is 7.25. The van der Waals surface area contributed by atoms with Crippen molar-refractivity contribution < 1.29 is 4.74 Å². The van der Waals surface area contributed by atoms with Crippen molar-refractivity contribution in [3.8, 4) is 5.75 Å². The standard InChI is InChI=1S/C19H32N2O/c1-5-16(4)20-14-17-7-8-18(19(13-17)22-6-2)21-11-9-15(3)10-12-21/h7-8,13,15-16,20H,5-6,9-12,14H2,1-4H3. The molecule has 1 heterocycles. The first-order valence-corrected chi connectivity index (χ1v) is 8.88. The van der Waals surface area contributed by atoms with Gasteiger partial charge in [-0.15, -0.1) is 0 Å². The van der Waals surface area contributed by atoms with Gasteiger partial charge in [0.15, 0.2) is 0 Å². The minimum atomic E-state index is 0.554. The predicted octanol–water partition coefficient (Wildman–Crippen LogP) is 4.21. The number of anilines is 1. The first-order chi connectivity index (χ1) is 10.6. The lowest BCUT2D eigenvalue weighted by Crippen LogP contribution is -2.33. The zero-order valence-corrected chi connectivity index (χ0v) is 14.7. The lowest BCUT2D eigenvalue weighted by Gasteiger charge is -2.33. The van der Waals surface area contributed by atoms with Crippen LogP contribution in [0.15, 0.2) is 18.2 Å². The Bertz CT molecular complexity index is 453. The summed E-state index contributed by atoms with van der Waals surface area (Å²) < 4.78 is 5.92. The van der Waals surface area contributed by atoms with E-state index in [-0.39, 0.29) is 0 Å². The molecule has 124 valence electrons. The second-order valence-corrected chi connectivity index (χ2v) is 6.59. The Morgan fingerprint density at radius 3 is 2.64 bits per heavy atom. The molecule has 0 saturated carbocycles. The molecule has 1 N–H and O–H groups in total. The Morgan fingerprint density at radius 2 is 2.00 bits per heavy atom. The van der Waals surface area contributed by atoms with Gasteiger partial charge >= 0.3 is 0 Å². The second-order valence-electron chi connectivity index (χ2n) is 6.59. The van der Waals surface area contributed by atoms with Gasteiger partial charge in [-0.25, -0.2) is 0 Å². The summed E-state index contributed by atoms with van der Waals surface area (Å²) in [6.45, 7) is 12.8. The molecule has 1 aliphatic rings. The average Bonchev–Trinajstić information content (AvgIpc) is 2.54. The van der Waals surface area contributed by atoms with Crippen LogP contribution in [0.2, 0.25) is 0 Å². The fraction of sp³-hybridized carbons (Fsp3) is 0.684. The van der Waals surface area contributed by atoms with Gasteiger partial charge in [0, 0.05) is 25.7 Å². The Kier molecular flexibility index (Phi) is 6.56. The number of benzene rings is 1. The lowest BCUT2D eigenvalue weighted by molar-refractivity contribution is 0.337. The molecule has 3 heteroatoms. The largest absolute Gasteiger partial charge is 0.492 e. The molecule has 1 aromatic rings. The summed E-state index contributed by atoms with van der Waals surface area (Å²) >= 11 is 0. The van der Waals surface area contributed by atoms with E-state index < -0.39 is 0 Å². The molecule has 0 aromatic heterocycles. The Balaban J connectivity index is 2.09. The van der Waals surface area contributed by atoms with Gasteiger partial charge in [-0.05, 0) is 56.7 Å². The van der Waals surface area contributed by atoms with E-state index in [1.807, 2.05) is 0 Å². The normalized spacial score (nSPS) is 17.5. The maximum absolute atomic E-state index is 5.92. The van der Waals surface area contributed by atoms with Crippen LogP contribution in [0.3, 0.4) is 0 Å². The molecular formula is C19H32N2O. The quantitative estimate of drug-likeness (QED) is 0.816. The molecule has 0 bridgehead atoms. The molecule has 1 atom stereocenters. The second kappa shape index (κ2) is 8.42. The van der Waals surface area contributed by atoms with Crippen LogP contribution in [0.25, 0.3) is 0 Å². The van der Waals surface area contributed by atoms with E-state index in [9.17, 15) is 0 Å². The summed E-state index contributed by atoms with van der Waals surface area (Å²) in [5.74, 6) is 1.89. The topological polar surface area (TPSA) is 24.5 Å². The predicted molar refractivity (Wildman–Crippen MR) is 94.8 cm³/mol. The molecule has 1 fully saturated rings. The van der Waals surface area contributed by atoms with Crippen molar-refractivity contribution in [3.05, 3.63) is 23.8 Å². The number of hydrogen-bond acceptors (Lipinski definition) is 3. The summed E-state index contributed by atoms with van der Waals surface area (Å²) in [5.41, 5.74) is 2.57. The number of ether oxygens (including phenoxy) is 1. The SMILES string of the molecule is CCOc1cc(CNC(C)CC)ccc1N1CCC(C)CC1. The third-order valence-corrected chi connectivity index (χ3v) is 4.72. The van der Waals surface area contributed by atoms with Gasteiger partial charge in [0.2, 0.25) is 0 Å². The van der Waals surface area contributed by atoms with Crippen molar-refractivity contribution in [2.75, 3.05) is 24.6 Å². The zero-order chi connectivity index (χ0) is 15.9. The van der Waals surface area contributed by atoms with E-state index in [1.54, 1.807) is 0 Å². The maximum Gasteiger partial charge on any atom is 0.142 e. The number of hydrogen-bond donors (Lipinski definition) is 1. The van der Waals surface area contributed by atoms with Crippen LogP contribution in [0.4, 0.5) is 5.69 Å². The van der Waals surface area contributed by atoms with Crippen LogP contribution in [0, 0.1) is 5.92 Å². The third kappa shape index (κ3) is 4.64. The van der Waals surface area contributed by atoms with Crippen LogP contribution >= 0.6 is 0 Å². The van der Waals surface area contributed by atoms with Crippen molar-refractivity contribution in [2.45, 2.75) is 59.5 Å². The zero-order valence-electron chi connectivity index (χ0n) is 14.7. The van der Waals surface area contributed by atoms with Crippen molar-refractivity contribution in [2.24, 2.45) is 5.92 Å². The molecular weight excluding hydrogens is 272 g/mol. The minimum absolute atomic E-state index is 0.554. The van der Waals surface area contributed by atoms with Crippen molar-refractivity contribution in [3.63, 3.8) is 0 Å². The molecule has 1 saturated heterocycles. The molecule has 2 rings (SSSR count). The minimum Gasteiger partial charge on any atom is -0.492 e. The monoisotopic (exact) mass is 304 g/mol. The van der Waals surface area contributed by atoms with E-state index in [0.717, 1.165) is 44.3 Å². The highest BCUT2D eigenvalue weighted by molar-refractivity contribution is 5.60. The number of nitrogens with zero attached hydrogens (tertiary/aromatic N) is 1. The van der Waals surface area contributed by atoms with Crippen LogP contribution < -0.4 is 15.0 Å². The van der Waals surface area contributed by atoms with Gasteiger partial charge in [0.1, 0.15) is 5.75 Å². The highest BCUT2D eigenvalue weighted by Gasteiger charge is 2.19. The molecule has 0 aliphatic carbocycles. The van der Waals surface area contributed by atoms with E-state index in [4.69, 9.17) is 4.74 Å². The first kappa shape index (κ1) is 17.1. The van der Waals surface area contributed by atoms with Crippen LogP contribution in [0.5, 0.6) is 5.75 Å². The van der Waals surface area contributed by atoms with Gasteiger partial charge in [0.05, 0.1) is 12.3 Å². The van der Waals surface area contributed by atoms with Gasteiger partial charge in [0.25, 0.3) is 0 Å². The number of nitrogens with one attached hydrogen (secondary N) is 1. The molecule has 0 spiro atoms. The maximum atomic E-state index is 5.92. The fourth-order valence-corrected chi connectivity index (χ4v) is 2.89. The number of rotatable bonds is 7. The summed E-state index contributed by atoms with van der Waals surface area (Å²) in [4.78, 5) is 2.48. The molecule has 0 amide bonds. The smallest absolute Gasteiger partial charge is 0.142 e. The van der Waals surface area contributed by atoms with Crippen LogP contribution in [0.1, 0.15) is 52.5 Å². The molecule has 1 aromatic carbocycles. The van der Waals surface area contributed by atoms with Crippen LogP contribution in [-0.4, -0.2) is 25.7 Å². The lowest BCUT2D eigenvalue weighted by atomic mass is 9.98. The Hall–Kier alpha value is -1.22. The van der Waals surface area contributed by atoms with Crippen molar-refractivity contribution in [1.29, 1.82) is 0 Å². The fourth-order valence-electron chi connectivity index (χ4n) is 2.89.